The minimum Gasteiger partial charge on any atom is -0.423 e. The van der Waals surface area contributed by atoms with E-state index in [4.69, 9.17) is 8.94 Å². The van der Waals surface area contributed by atoms with Gasteiger partial charge in [0.25, 0.3) is 0 Å². The Bertz CT molecular complexity index is 1260. The van der Waals surface area contributed by atoms with Gasteiger partial charge in [-0.1, -0.05) is 49.3 Å². The van der Waals surface area contributed by atoms with Gasteiger partial charge in [-0.3, -0.25) is 9.09 Å². The summed E-state index contributed by atoms with van der Waals surface area (Å²) in [6, 6.07) is 14.7. The summed E-state index contributed by atoms with van der Waals surface area (Å²) >= 11 is 0. The molecule has 2 heterocycles. The molecule has 0 aliphatic carbocycles. The molecule has 0 saturated carbocycles. The van der Waals surface area contributed by atoms with Crippen LogP contribution >= 0.6 is 0 Å². The van der Waals surface area contributed by atoms with Crippen molar-refractivity contribution in [2.24, 2.45) is 0 Å². The van der Waals surface area contributed by atoms with Crippen molar-refractivity contribution < 1.29 is 8.94 Å². The third-order valence-electron chi connectivity index (χ3n) is 4.89. The van der Waals surface area contributed by atoms with Crippen LogP contribution in [0.3, 0.4) is 0 Å². The Balaban J connectivity index is 1.90. The van der Waals surface area contributed by atoms with Gasteiger partial charge < -0.3 is 4.42 Å². The molecule has 0 aliphatic heterocycles. The van der Waals surface area contributed by atoms with Gasteiger partial charge in [0.05, 0.1) is 6.54 Å². The molecule has 6 nitrogen and oxygen atoms in total. The van der Waals surface area contributed by atoms with Crippen molar-refractivity contribution in [2.45, 2.75) is 33.2 Å². The van der Waals surface area contributed by atoms with Crippen molar-refractivity contribution in [3.63, 3.8) is 0 Å². The average molecular weight is 376 g/mol. The molecule has 0 spiro atoms. The number of hydrogen-bond acceptors (Lipinski definition) is 5. The van der Waals surface area contributed by atoms with Gasteiger partial charge in [-0.2, -0.15) is 0 Å². The maximum atomic E-state index is 12.3. The lowest BCUT2D eigenvalue weighted by Gasteiger charge is -2.13. The van der Waals surface area contributed by atoms with E-state index in [0.717, 1.165) is 16.5 Å². The monoisotopic (exact) mass is 376 g/mol. The molecular weight excluding hydrogens is 356 g/mol. The van der Waals surface area contributed by atoms with Crippen LogP contribution < -0.4 is 11.4 Å². The van der Waals surface area contributed by atoms with Crippen LogP contribution in [0.2, 0.25) is 0 Å². The Kier molecular flexibility index (Phi) is 4.47. The van der Waals surface area contributed by atoms with Gasteiger partial charge in [0.2, 0.25) is 0 Å². The van der Waals surface area contributed by atoms with Gasteiger partial charge >= 0.3 is 11.4 Å². The van der Waals surface area contributed by atoms with Crippen molar-refractivity contribution in [2.75, 3.05) is 0 Å². The van der Waals surface area contributed by atoms with E-state index in [-0.39, 0.29) is 6.54 Å². The standard InChI is InChI=1S/C22H20N2O4/c1-13(2)17-11-18-16(10-20(25)27-19(18)9-14(17)3)12-24-21(23-28-22(24)26)15-7-5-4-6-8-15/h4-11,13H,12H2,1-3H3. The molecule has 4 aromatic rings. The number of aryl methyl sites for hydroxylation is 1. The highest BCUT2D eigenvalue weighted by molar-refractivity contribution is 5.82. The molecule has 2 aromatic heterocycles. The lowest BCUT2D eigenvalue weighted by Crippen LogP contribution is -2.17. The van der Waals surface area contributed by atoms with E-state index < -0.39 is 11.4 Å². The minimum absolute atomic E-state index is 0.162. The summed E-state index contributed by atoms with van der Waals surface area (Å²) in [5.74, 6) is 0.169. The Morgan fingerprint density at radius 2 is 1.82 bits per heavy atom. The molecule has 6 heteroatoms. The Labute approximate surface area is 161 Å². The second-order valence-electron chi connectivity index (χ2n) is 7.17. The first-order chi connectivity index (χ1) is 13.4. The summed E-state index contributed by atoms with van der Waals surface area (Å²) in [5, 5.41) is 4.72. The minimum atomic E-state index is -0.573. The number of fused-ring (bicyclic) bond motifs is 1. The van der Waals surface area contributed by atoms with E-state index in [1.807, 2.05) is 49.4 Å². The molecule has 0 radical (unpaired) electrons. The fourth-order valence-corrected chi connectivity index (χ4v) is 3.52. The average Bonchev–Trinajstić information content (AvgIpc) is 3.02. The molecule has 0 N–H and O–H groups in total. The normalized spacial score (nSPS) is 11.4. The molecular formula is C22H20N2O4. The first kappa shape index (κ1) is 18.0. The molecule has 28 heavy (non-hydrogen) atoms. The van der Waals surface area contributed by atoms with Crippen LogP contribution in [0, 0.1) is 6.92 Å². The summed E-state index contributed by atoms with van der Waals surface area (Å²) in [4.78, 5) is 24.4. The summed E-state index contributed by atoms with van der Waals surface area (Å²) < 4.78 is 11.7. The second-order valence-corrected chi connectivity index (χ2v) is 7.17. The van der Waals surface area contributed by atoms with Crippen LogP contribution in [0.25, 0.3) is 22.4 Å². The Morgan fingerprint density at radius 1 is 1.07 bits per heavy atom. The van der Waals surface area contributed by atoms with Crippen LogP contribution in [0.1, 0.15) is 36.5 Å². The maximum absolute atomic E-state index is 12.3. The van der Waals surface area contributed by atoms with Crippen LogP contribution in [-0.4, -0.2) is 9.72 Å². The summed E-state index contributed by atoms with van der Waals surface area (Å²) in [6.45, 7) is 6.39. The van der Waals surface area contributed by atoms with Gasteiger partial charge in [0.1, 0.15) is 5.58 Å². The first-order valence-corrected chi connectivity index (χ1v) is 9.13. The van der Waals surface area contributed by atoms with E-state index in [2.05, 4.69) is 19.0 Å². The van der Waals surface area contributed by atoms with Crippen molar-refractivity contribution in [3.05, 3.63) is 86.2 Å². The van der Waals surface area contributed by atoms with Crippen molar-refractivity contribution in [1.82, 2.24) is 9.72 Å². The number of nitrogens with zero attached hydrogens (tertiary/aromatic N) is 2. The van der Waals surface area contributed by atoms with Crippen LogP contribution in [-0.2, 0) is 6.54 Å². The van der Waals surface area contributed by atoms with Gasteiger partial charge in [0, 0.05) is 17.0 Å². The van der Waals surface area contributed by atoms with Crippen LogP contribution in [0.5, 0.6) is 0 Å². The third-order valence-corrected chi connectivity index (χ3v) is 4.89. The molecule has 0 amide bonds. The molecule has 0 atom stereocenters. The zero-order chi connectivity index (χ0) is 19.8. The molecule has 0 unspecified atom stereocenters. The lowest BCUT2D eigenvalue weighted by atomic mass is 9.95. The molecule has 4 rings (SSSR count). The van der Waals surface area contributed by atoms with Gasteiger partial charge in [0.15, 0.2) is 5.82 Å². The summed E-state index contributed by atoms with van der Waals surface area (Å²) in [6.07, 6.45) is 0. The molecule has 142 valence electrons. The smallest absolute Gasteiger partial charge is 0.423 e. The van der Waals surface area contributed by atoms with Gasteiger partial charge in [-0.15, -0.1) is 0 Å². The van der Waals surface area contributed by atoms with Crippen molar-refractivity contribution in [1.29, 1.82) is 0 Å². The predicted molar refractivity (Wildman–Crippen MR) is 107 cm³/mol. The van der Waals surface area contributed by atoms with E-state index in [9.17, 15) is 9.59 Å². The largest absolute Gasteiger partial charge is 0.442 e. The molecule has 0 aliphatic rings. The Morgan fingerprint density at radius 3 is 2.54 bits per heavy atom. The summed E-state index contributed by atoms with van der Waals surface area (Å²) in [5.41, 5.74) is 3.74. The fraction of sp³-hybridized carbons (Fsp3) is 0.227. The van der Waals surface area contributed by atoms with Crippen molar-refractivity contribution >= 4 is 11.0 Å². The maximum Gasteiger partial charge on any atom is 0.442 e. The molecule has 0 fully saturated rings. The number of hydrogen-bond donors (Lipinski definition) is 0. The Hall–Kier alpha value is -3.41. The first-order valence-electron chi connectivity index (χ1n) is 9.13. The van der Waals surface area contributed by atoms with E-state index in [0.29, 0.717) is 22.9 Å². The van der Waals surface area contributed by atoms with E-state index >= 15 is 0 Å². The zero-order valence-corrected chi connectivity index (χ0v) is 15.9. The van der Waals surface area contributed by atoms with Gasteiger partial charge in [-0.05, 0) is 41.7 Å². The van der Waals surface area contributed by atoms with Crippen LogP contribution in [0.15, 0.2) is 67.1 Å². The quantitative estimate of drug-likeness (QED) is 0.501. The van der Waals surface area contributed by atoms with E-state index in [1.165, 1.54) is 16.2 Å². The number of benzene rings is 2. The molecule has 0 saturated heterocycles. The highest BCUT2D eigenvalue weighted by Crippen LogP contribution is 2.27. The second kappa shape index (κ2) is 6.96. The number of rotatable bonds is 4. The summed E-state index contributed by atoms with van der Waals surface area (Å²) in [7, 11) is 0. The highest BCUT2D eigenvalue weighted by Gasteiger charge is 2.17. The number of aromatic nitrogens is 2. The van der Waals surface area contributed by atoms with Gasteiger partial charge in [-0.25, -0.2) is 9.59 Å². The zero-order valence-electron chi connectivity index (χ0n) is 15.9. The molecule has 2 aromatic carbocycles. The lowest BCUT2D eigenvalue weighted by molar-refractivity contribution is 0.378. The topological polar surface area (TPSA) is 78.2 Å². The predicted octanol–water partition coefficient (Wildman–Crippen LogP) is 4.09. The van der Waals surface area contributed by atoms with E-state index in [1.54, 1.807) is 0 Å². The fourth-order valence-electron chi connectivity index (χ4n) is 3.52. The third kappa shape index (κ3) is 3.17. The molecule has 0 bridgehead atoms. The highest BCUT2D eigenvalue weighted by atomic mass is 16.5. The SMILES string of the molecule is Cc1cc2oc(=O)cc(Cn3c(-c4ccccc4)noc3=O)c2cc1C(C)C. The van der Waals surface area contributed by atoms with Crippen LogP contribution in [0.4, 0.5) is 0 Å². The van der Waals surface area contributed by atoms with Crippen molar-refractivity contribution in [3.8, 4) is 11.4 Å².